The summed E-state index contributed by atoms with van der Waals surface area (Å²) in [5, 5.41) is 4.77. The Morgan fingerprint density at radius 1 is 0.914 bits per heavy atom. The molecule has 0 fully saturated rings. The standard InChI is InChI=1S/C32H33NO2/c1-20(2)15-30-21(3)31-26-18-24(34-28(26)11-12-29(31)35-30)13-14-33-19-22-16-23-9-7-8-10-25(23)27(17-22)32(4,5)6/h7-14,16-20H,15H2,1-6H3/b14-13-,33-19?. The van der Waals surface area contributed by atoms with E-state index in [4.69, 9.17) is 8.83 Å². The molecule has 0 saturated carbocycles. The molecule has 0 radical (unpaired) electrons. The molecule has 178 valence electrons. The lowest BCUT2D eigenvalue weighted by Gasteiger charge is -2.22. The van der Waals surface area contributed by atoms with Gasteiger partial charge in [-0.25, -0.2) is 0 Å². The van der Waals surface area contributed by atoms with Crippen molar-refractivity contribution in [1.29, 1.82) is 0 Å². The van der Waals surface area contributed by atoms with E-state index < -0.39 is 0 Å². The van der Waals surface area contributed by atoms with Gasteiger partial charge in [-0.05, 0) is 82.1 Å². The van der Waals surface area contributed by atoms with E-state index in [0.29, 0.717) is 5.92 Å². The van der Waals surface area contributed by atoms with E-state index in [1.54, 1.807) is 6.20 Å². The van der Waals surface area contributed by atoms with Crippen LogP contribution in [0.25, 0.3) is 38.8 Å². The van der Waals surface area contributed by atoms with E-state index in [9.17, 15) is 0 Å². The van der Waals surface area contributed by atoms with Gasteiger partial charge in [-0.2, -0.15) is 0 Å². The first kappa shape index (κ1) is 23.2. The predicted octanol–water partition coefficient (Wildman–Crippen LogP) is 9.23. The minimum atomic E-state index is 0.0547. The van der Waals surface area contributed by atoms with Crippen LogP contribution in [0, 0.1) is 12.8 Å². The second-order valence-electron chi connectivity index (χ2n) is 10.9. The van der Waals surface area contributed by atoms with E-state index in [1.165, 1.54) is 21.9 Å². The number of rotatable bonds is 5. The first-order chi connectivity index (χ1) is 16.7. The van der Waals surface area contributed by atoms with E-state index in [-0.39, 0.29) is 5.41 Å². The molecule has 0 bridgehead atoms. The average molecular weight is 464 g/mol. The van der Waals surface area contributed by atoms with Crippen molar-refractivity contribution in [2.24, 2.45) is 10.9 Å². The van der Waals surface area contributed by atoms with Crippen LogP contribution in [0.5, 0.6) is 0 Å². The number of aliphatic imine (C=N–C) groups is 1. The molecule has 5 aromatic rings. The summed E-state index contributed by atoms with van der Waals surface area (Å²) in [7, 11) is 0. The van der Waals surface area contributed by atoms with Crippen LogP contribution < -0.4 is 0 Å². The fourth-order valence-corrected chi connectivity index (χ4v) is 4.85. The van der Waals surface area contributed by atoms with Crippen molar-refractivity contribution in [3.63, 3.8) is 0 Å². The summed E-state index contributed by atoms with van der Waals surface area (Å²) in [5.74, 6) is 2.40. The lowest BCUT2D eigenvalue weighted by molar-refractivity contribution is 0.496. The summed E-state index contributed by atoms with van der Waals surface area (Å²) in [5.41, 5.74) is 5.47. The Bertz CT molecular complexity index is 1590. The van der Waals surface area contributed by atoms with Gasteiger partial charge in [0, 0.05) is 29.6 Å². The van der Waals surface area contributed by atoms with Gasteiger partial charge in [0.1, 0.15) is 22.7 Å². The van der Waals surface area contributed by atoms with Gasteiger partial charge in [-0.15, -0.1) is 0 Å². The van der Waals surface area contributed by atoms with Crippen LogP contribution in [0.15, 0.2) is 74.6 Å². The maximum Gasteiger partial charge on any atom is 0.135 e. The highest BCUT2D eigenvalue weighted by Gasteiger charge is 2.18. The van der Waals surface area contributed by atoms with Crippen LogP contribution in [0.4, 0.5) is 0 Å². The molecule has 0 unspecified atom stereocenters. The van der Waals surface area contributed by atoms with Crippen LogP contribution in [-0.2, 0) is 11.8 Å². The normalized spacial score (nSPS) is 13.0. The van der Waals surface area contributed by atoms with Gasteiger partial charge in [0.25, 0.3) is 0 Å². The zero-order valence-electron chi connectivity index (χ0n) is 21.5. The third-order valence-electron chi connectivity index (χ3n) is 6.54. The topological polar surface area (TPSA) is 38.6 Å². The third kappa shape index (κ3) is 4.55. The number of benzene rings is 3. The van der Waals surface area contributed by atoms with Crippen molar-refractivity contribution >= 4 is 45.0 Å². The smallest absolute Gasteiger partial charge is 0.135 e. The number of furan rings is 2. The summed E-state index contributed by atoms with van der Waals surface area (Å²) >= 11 is 0. The molecule has 5 rings (SSSR count). The second-order valence-corrected chi connectivity index (χ2v) is 10.9. The van der Waals surface area contributed by atoms with Crippen LogP contribution in [0.1, 0.15) is 62.8 Å². The maximum atomic E-state index is 6.16. The van der Waals surface area contributed by atoms with Crippen LogP contribution >= 0.6 is 0 Å². The fourth-order valence-electron chi connectivity index (χ4n) is 4.85. The van der Waals surface area contributed by atoms with E-state index in [0.717, 1.165) is 45.4 Å². The van der Waals surface area contributed by atoms with Gasteiger partial charge >= 0.3 is 0 Å². The van der Waals surface area contributed by atoms with E-state index in [1.807, 2.05) is 24.4 Å². The molecule has 3 heteroatoms. The Hall–Kier alpha value is -3.59. The molecular formula is C32H33NO2. The minimum absolute atomic E-state index is 0.0547. The maximum absolute atomic E-state index is 6.16. The summed E-state index contributed by atoms with van der Waals surface area (Å²) in [4.78, 5) is 4.57. The Kier molecular flexibility index (Phi) is 5.88. The molecule has 35 heavy (non-hydrogen) atoms. The Balaban J connectivity index is 1.44. The minimum Gasteiger partial charge on any atom is -0.461 e. The number of nitrogens with zero attached hydrogens (tertiary/aromatic N) is 1. The molecule has 3 aromatic carbocycles. The van der Waals surface area contributed by atoms with Crippen molar-refractivity contribution < 1.29 is 8.83 Å². The largest absolute Gasteiger partial charge is 0.461 e. The molecule has 0 amide bonds. The van der Waals surface area contributed by atoms with Gasteiger partial charge < -0.3 is 8.83 Å². The Morgan fingerprint density at radius 2 is 1.69 bits per heavy atom. The molecule has 0 aliphatic carbocycles. The molecule has 0 atom stereocenters. The van der Waals surface area contributed by atoms with Gasteiger partial charge in [-0.1, -0.05) is 58.9 Å². The molecular weight excluding hydrogens is 430 g/mol. The van der Waals surface area contributed by atoms with Crippen molar-refractivity contribution in [3.8, 4) is 0 Å². The van der Waals surface area contributed by atoms with Crippen LogP contribution in [-0.4, -0.2) is 6.21 Å². The summed E-state index contributed by atoms with van der Waals surface area (Å²) in [6, 6.07) is 19.1. The van der Waals surface area contributed by atoms with Crippen molar-refractivity contribution in [3.05, 3.63) is 89.0 Å². The van der Waals surface area contributed by atoms with Gasteiger partial charge in [0.05, 0.1) is 0 Å². The molecule has 0 aliphatic rings. The second kappa shape index (κ2) is 8.88. The lowest BCUT2D eigenvalue weighted by atomic mass is 9.83. The fraction of sp³-hybridized carbons (Fsp3) is 0.281. The number of hydrogen-bond donors (Lipinski definition) is 0. The van der Waals surface area contributed by atoms with E-state index >= 15 is 0 Å². The first-order valence-electron chi connectivity index (χ1n) is 12.4. The zero-order chi connectivity index (χ0) is 24.7. The number of hydrogen-bond acceptors (Lipinski definition) is 3. The monoisotopic (exact) mass is 463 g/mol. The summed E-state index contributed by atoms with van der Waals surface area (Å²) in [6.45, 7) is 13.3. The SMILES string of the molecule is Cc1c(CC(C)C)oc2ccc3oc(/C=C\N=Cc4cc(C(C)(C)C)c5ccccc5c4)cc3c12. The third-order valence-corrected chi connectivity index (χ3v) is 6.54. The molecule has 0 aliphatic heterocycles. The molecule has 2 aromatic heterocycles. The molecule has 0 spiro atoms. The summed E-state index contributed by atoms with van der Waals surface area (Å²) in [6.07, 6.45) is 6.57. The number of aryl methyl sites for hydroxylation is 1. The van der Waals surface area contributed by atoms with Crippen molar-refractivity contribution in [2.45, 2.75) is 53.4 Å². The Morgan fingerprint density at radius 3 is 2.46 bits per heavy atom. The first-order valence-corrected chi connectivity index (χ1v) is 12.4. The molecule has 3 nitrogen and oxygen atoms in total. The zero-order valence-corrected chi connectivity index (χ0v) is 21.5. The highest BCUT2D eigenvalue weighted by Crippen LogP contribution is 2.35. The summed E-state index contributed by atoms with van der Waals surface area (Å²) < 4.78 is 12.2. The molecule has 2 heterocycles. The van der Waals surface area contributed by atoms with Gasteiger partial charge in [-0.3, -0.25) is 4.99 Å². The van der Waals surface area contributed by atoms with Crippen LogP contribution in [0.2, 0.25) is 0 Å². The van der Waals surface area contributed by atoms with Gasteiger partial charge in [0.2, 0.25) is 0 Å². The average Bonchev–Trinajstić information content (AvgIpc) is 3.35. The quantitative estimate of drug-likeness (QED) is 0.244. The Labute approximate surface area is 207 Å². The highest BCUT2D eigenvalue weighted by atomic mass is 16.3. The number of fused-ring (bicyclic) bond motifs is 4. The molecule has 0 N–H and O–H groups in total. The van der Waals surface area contributed by atoms with Crippen molar-refractivity contribution in [2.75, 3.05) is 0 Å². The van der Waals surface area contributed by atoms with Crippen molar-refractivity contribution in [1.82, 2.24) is 0 Å². The highest BCUT2D eigenvalue weighted by molar-refractivity contribution is 6.06. The van der Waals surface area contributed by atoms with Gasteiger partial charge in [0.15, 0.2) is 0 Å². The molecule has 0 saturated heterocycles. The van der Waals surface area contributed by atoms with Crippen LogP contribution in [0.3, 0.4) is 0 Å². The van der Waals surface area contributed by atoms with E-state index in [2.05, 4.69) is 89.0 Å². The predicted molar refractivity (Wildman–Crippen MR) is 149 cm³/mol. The lowest BCUT2D eigenvalue weighted by Crippen LogP contribution is -2.12.